The van der Waals surface area contributed by atoms with Crippen LogP contribution in [0, 0.1) is 5.92 Å². The standard InChI is InChI=1S/C20H22ClNO2/c21-17-7-4-8-18(14-17)22-19(23)13-15-9-11-20(24,12-10-15)16-5-2-1-3-6-16/h1-8,14-15,24H,9-13H2,(H,22,23). The van der Waals surface area contributed by atoms with Crippen LogP contribution in [0.25, 0.3) is 0 Å². The minimum atomic E-state index is -0.749. The van der Waals surface area contributed by atoms with Gasteiger partial charge in [-0.05, 0) is 55.4 Å². The summed E-state index contributed by atoms with van der Waals surface area (Å²) in [5.41, 5.74) is 0.956. The zero-order valence-corrected chi connectivity index (χ0v) is 14.3. The Balaban J connectivity index is 1.53. The first kappa shape index (κ1) is 17.0. The highest BCUT2D eigenvalue weighted by Gasteiger charge is 2.35. The van der Waals surface area contributed by atoms with E-state index in [1.54, 1.807) is 12.1 Å². The van der Waals surface area contributed by atoms with Gasteiger partial charge >= 0.3 is 0 Å². The molecule has 1 aliphatic rings. The first-order valence-electron chi connectivity index (χ1n) is 8.38. The van der Waals surface area contributed by atoms with Gasteiger partial charge in [0.15, 0.2) is 0 Å². The molecule has 2 N–H and O–H groups in total. The maximum Gasteiger partial charge on any atom is 0.224 e. The van der Waals surface area contributed by atoms with E-state index < -0.39 is 5.60 Å². The fourth-order valence-corrected chi connectivity index (χ4v) is 3.63. The van der Waals surface area contributed by atoms with Crippen LogP contribution >= 0.6 is 11.6 Å². The molecule has 24 heavy (non-hydrogen) atoms. The van der Waals surface area contributed by atoms with Crippen molar-refractivity contribution in [3.63, 3.8) is 0 Å². The van der Waals surface area contributed by atoms with Crippen molar-refractivity contribution in [3.05, 3.63) is 65.2 Å². The van der Waals surface area contributed by atoms with Gasteiger partial charge in [0.2, 0.25) is 5.91 Å². The van der Waals surface area contributed by atoms with Gasteiger partial charge in [-0.3, -0.25) is 4.79 Å². The molecule has 4 heteroatoms. The van der Waals surface area contributed by atoms with Crippen LogP contribution in [0.1, 0.15) is 37.7 Å². The maximum atomic E-state index is 12.2. The van der Waals surface area contributed by atoms with E-state index in [1.807, 2.05) is 42.5 Å². The smallest absolute Gasteiger partial charge is 0.224 e. The van der Waals surface area contributed by atoms with Crippen LogP contribution in [0.2, 0.25) is 5.02 Å². The molecule has 0 radical (unpaired) electrons. The second-order valence-corrected chi connectivity index (χ2v) is 7.04. The quantitative estimate of drug-likeness (QED) is 0.841. The third kappa shape index (κ3) is 4.16. The van der Waals surface area contributed by atoms with Gasteiger partial charge in [-0.15, -0.1) is 0 Å². The molecule has 3 nitrogen and oxygen atoms in total. The van der Waals surface area contributed by atoms with Crippen LogP contribution in [0.5, 0.6) is 0 Å². The van der Waals surface area contributed by atoms with Crippen LogP contribution in [0.15, 0.2) is 54.6 Å². The lowest BCUT2D eigenvalue weighted by molar-refractivity contribution is -0.118. The number of benzene rings is 2. The molecule has 0 saturated heterocycles. The number of halogens is 1. The lowest BCUT2D eigenvalue weighted by Gasteiger charge is -2.36. The Labute approximate surface area is 147 Å². The summed E-state index contributed by atoms with van der Waals surface area (Å²) in [7, 11) is 0. The number of nitrogens with one attached hydrogen (secondary N) is 1. The van der Waals surface area contributed by atoms with Crippen LogP contribution in [0.4, 0.5) is 5.69 Å². The number of hydrogen-bond donors (Lipinski definition) is 2. The molecule has 0 bridgehead atoms. The molecule has 2 aromatic carbocycles. The first-order valence-corrected chi connectivity index (χ1v) is 8.76. The van der Waals surface area contributed by atoms with E-state index in [4.69, 9.17) is 11.6 Å². The molecule has 1 saturated carbocycles. The molecule has 0 aliphatic heterocycles. The summed E-state index contributed by atoms with van der Waals surface area (Å²) in [4.78, 5) is 12.2. The van der Waals surface area contributed by atoms with E-state index >= 15 is 0 Å². The van der Waals surface area contributed by atoms with Crippen molar-refractivity contribution in [2.75, 3.05) is 5.32 Å². The number of rotatable bonds is 4. The molecule has 0 spiro atoms. The van der Waals surface area contributed by atoms with Crippen molar-refractivity contribution in [1.82, 2.24) is 0 Å². The normalized spacial score (nSPS) is 23.7. The third-order valence-electron chi connectivity index (χ3n) is 4.83. The minimum Gasteiger partial charge on any atom is -0.385 e. The van der Waals surface area contributed by atoms with E-state index in [1.165, 1.54) is 0 Å². The zero-order valence-electron chi connectivity index (χ0n) is 13.5. The molecule has 0 heterocycles. The van der Waals surface area contributed by atoms with Crippen LogP contribution in [-0.2, 0) is 10.4 Å². The zero-order chi connectivity index (χ0) is 17.0. The number of carbonyl (C=O) groups is 1. The molecule has 0 atom stereocenters. The summed E-state index contributed by atoms with van der Waals surface area (Å²) in [6.07, 6.45) is 3.60. The predicted molar refractivity (Wildman–Crippen MR) is 97.0 cm³/mol. The van der Waals surface area contributed by atoms with Gasteiger partial charge in [-0.1, -0.05) is 48.0 Å². The Hall–Kier alpha value is -1.84. The number of anilines is 1. The van der Waals surface area contributed by atoms with E-state index in [0.717, 1.165) is 24.1 Å². The highest BCUT2D eigenvalue weighted by molar-refractivity contribution is 6.30. The van der Waals surface area contributed by atoms with Crippen LogP contribution in [-0.4, -0.2) is 11.0 Å². The Morgan fingerprint density at radius 3 is 2.50 bits per heavy atom. The van der Waals surface area contributed by atoms with Gasteiger partial charge in [0.1, 0.15) is 0 Å². The van der Waals surface area contributed by atoms with Crippen molar-refractivity contribution in [2.24, 2.45) is 5.92 Å². The largest absolute Gasteiger partial charge is 0.385 e. The molecule has 0 unspecified atom stereocenters. The van der Waals surface area contributed by atoms with Crippen molar-refractivity contribution in [3.8, 4) is 0 Å². The van der Waals surface area contributed by atoms with Gasteiger partial charge in [0.25, 0.3) is 0 Å². The highest BCUT2D eigenvalue weighted by Crippen LogP contribution is 2.40. The van der Waals surface area contributed by atoms with Crippen molar-refractivity contribution in [1.29, 1.82) is 0 Å². The summed E-state index contributed by atoms with van der Waals surface area (Å²) < 4.78 is 0. The number of aliphatic hydroxyl groups is 1. The van der Waals surface area contributed by atoms with Crippen molar-refractivity contribution in [2.45, 2.75) is 37.7 Å². The molecular weight excluding hydrogens is 322 g/mol. The monoisotopic (exact) mass is 343 g/mol. The SMILES string of the molecule is O=C(CC1CCC(O)(c2ccccc2)CC1)Nc1cccc(Cl)c1. The fraction of sp³-hybridized carbons (Fsp3) is 0.350. The lowest BCUT2D eigenvalue weighted by atomic mass is 9.74. The highest BCUT2D eigenvalue weighted by atomic mass is 35.5. The Kier molecular flexibility index (Phi) is 5.22. The first-order chi connectivity index (χ1) is 11.5. The van der Waals surface area contributed by atoms with E-state index in [-0.39, 0.29) is 5.91 Å². The second kappa shape index (κ2) is 7.37. The van der Waals surface area contributed by atoms with Crippen molar-refractivity contribution >= 4 is 23.2 Å². The molecule has 1 fully saturated rings. The lowest BCUT2D eigenvalue weighted by Crippen LogP contribution is -2.32. The summed E-state index contributed by atoms with van der Waals surface area (Å²) in [6, 6.07) is 17.0. The predicted octanol–water partition coefficient (Wildman–Crippen LogP) is 4.75. The number of carbonyl (C=O) groups excluding carboxylic acids is 1. The molecular formula is C20H22ClNO2. The summed E-state index contributed by atoms with van der Waals surface area (Å²) >= 11 is 5.93. The molecule has 2 aromatic rings. The van der Waals surface area contributed by atoms with Crippen LogP contribution < -0.4 is 5.32 Å². The van der Waals surface area contributed by atoms with E-state index in [2.05, 4.69) is 5.32 Å². The average molecular weight is 344 g/mol. The van der Waals surface area contributed by atoms with Gasteiger partial charge in [-0.25, -0.2) is 0 Å². The molecule has 126 valence electrons. The molecule has 1 amide bonds. The van der Waals surface area contributed by atoms with Gasteiger partial charge in [0.05, 0.1) is 5.60 Å². The number of hydrogen-bond acceptors (Lipinski definition) is 2. The van der Waals surface area contributed by atoms with E-state index in [9.17, 15) is 9.90 Å². The summed E-state index contributed by atoms with van der Waals surface area (Å²) in [6.45, 7) is 0. The Morgan fingerprint density at radius 2 is 1.83 bits per heavy atom. The molecule has 1 aliphatic carbocycles. The van der Waals surface area contributed by atoms with Gasteiger partial charge in [-0.2, -0.15) is 0 Å². The summed E-state index contributed by atoms with van der Waals surface area (Å²) in [5, 5.41) is 14.4. The van der Waals surface area contributed by atoms with Crippen molar-refractivity contribution < 1.29 is 9.90 Å². The van der Waals surface area contributed by atoms with E-state index in [0.29, 0.717) is 30.2 Å². The Morgan fingerprint density at radius 1 is 1.12 bits per heavy atom. The fourth-order valence-electron chi connectivity index (χ4n) is 3.44. The maximum absolute atomic E-state index is 12.2. The van der Waals surface area contributed by atoms with Gasteiger partial charge < -0.3 is 10.4 Å². The number of amides is 1. The molecule has 0 aromatic heterocycles. The topological polar surface area (TPSA) is 49.3 Å². The Bertz CT molecular complexity index is 694. The summed E-state index contributed by atoms with van der Waals surface area (Å²) in [5.74, 6) is 0.320. The average Bonchev–Trinajstić information content (AvgIpc) is 2.58. The van der Waals surface area contributed by atoms with Crippen LogP contribution in [0.3, 0.4) is 0 Å². The van der Waals surface area contributed by atoms with Gasteiger partial charge in [0, 0.05) is 17.1 Å². The third-order valence-corrected chi connectivity index (χ3v) is 5.06. The minimum absolute atomic E-state index is 0.00687. The second-order valence-electron chi connectivity index (χ2n) is 6.60. The molecule has 3 rings (SSSR count).